The van der Waals surface area contributed by atoms with Crippen molar-refractivity contribution in [1.82, 2.24) is 15.2 Å². The average Bonchev–Trinajstić information content (AvgIpc) is 2.77. The van der Waals surface area contributed by atoms with Gasteiger partial charge in [0.05, 0.1) is 11.8 Å². The van der Waals surface area contributed by atoms with Crippen molar-refractivity contribution in [3.63, 3.8) is 0 Å². The van der Waals surface area contributed by atoms with Crippen LogP contribution in [-0.4, -0.2) is 27.6 Å². The minimum atomic E-state index is -0.569. The third-order valence-corrected chi connectivity index (χ3v) is 2.94. The van der Waals surface area contributed by atoms with Gasteiger partial charge in [0.1, 0.15) is 16.6 Å². The lowest BCUT2D eigenvalue weighted by atomic mass is 10.2. The molecule has 2 N–H and O–H groups in total. The molecule has 2 aromatic heterocycles. The van der Waals surface area contributed by atoms with Crippen molar-refractivity contribution < 1.29 is 9.18 Å². The minimum absolute atomic E-state index is 0.134. The number of aromatic nitrogens is 3. The molecule has 0 radical (unpaired) electrons. The number of carbonyl (C=O) groups excluding carboxylic acids is 1. The molecule has 100 valence electrons. The van der Waals surface area contributed by atoms with Gasteiger partial charge in [0, 0.05) is 6.54 Å². The first kappa shape index (κ1) is 13.3. The summed E-state index contributed by atoms with van der Waals surface area (Å²) in [5.74, 6) is -0.706. The van der Waals surface area contributed by atoms with Crippen LogP contribution in [0.15, 0.2) is 12.3 Å². The molecular weight excluding hydrogens is 269 g/mol. The zero-order chi connectivity index (χ0) is 13.8. The van der Waals surface area contributed by atoms with Gasteiger partial charge < -0.3 is 5.32 Å². The van der Waals surface area contributed by atoms with Gasteiger partial charge in [-0.15, -0.1) is 10.2 Å². The van der Waals surface area contributed by atoms with Gasteiger partial charge in [0.15, 0.2) is 0 Å². The van der Waals surface area contributed by atoms with Crippen molar-refractivity contribution in [1.29, 1.82) is 0 Å². The van der Waals surface area contributed by atoms with E-state index in [0.717, 1.165) is 17.3 Å². The second-order valence-electron chi connectivity index (χ2n) is 3.66. The van der Waals surface area contributed by atoms with Gasteiger partial charge in [-0.2, -0.15) is 0 Å². The Kier molecular flexibility index (Phi) is 4.00. The maximum Gasteiger partial charge on any atom is 0.261 e. The molecule has 0 aliphatic carbocycles. The fourth-order valence-electron chi connectivity index (χ4n) is 1.43. The van der Waals surface area contributed by atoms with Crippen molar-refractivity contribution in [2.24, 2.45) is 0 Å². The van der Waals surface area contributed by atoms with E-state index >= 15 is 0 Å². The molecule has 0 atom stereocenters. The van der Waals surface area contributed by atoms with Crippen LogP contribution in [0.3, 0.4) is 0 Å². The molecule has 8 heteroatoms. The Morgan fingerprint density at radius 3 is 2.89 bits per heavy atom. The van der Waals surface area contributed by atoms with Gasteiger partial charge in [-0.1, -0.05) is 11.3 Å². The van der Waals surface area contributed by atoms with Crippen LogP contribution in [0.2, 0.25) is 0 Å². The maximum absolute atomic E-state index is 13.2. The fourth-order valence-corrected chi connectivity index (χ4v) is 2.02. The van der Waals surface area contributed by atoms with E-state index in [9.17, 15) is 9.18 Å². The lowest BCUT2D eigenvalue weighted by Gasteiger charge is -2.08. The quantitative estimate of drug-likeness (QED) is 0.896. The molecule has 2 heterocycles. The van der Waals surface area contributed by atoms with Gasteiger partial charge in [-0.05, 0) is 19.9 Å². The van der Waals surface area contributed by atoms with E-state index in [1.807, 2.05) is 6.92 Å². The van der Waals surface area contributed by atoms with Crippen LogP contribution < -0.4 is 10.6 Å². The van der Waals surface area contributed by atoms with E-state index < -0.39 is 11.7 Å². The average molecular weight is 281 g/mol. The Morgan fingerprint density at radius 2 is 2.26 bits per heavy atom. The van der Waals surface area contributed by atoms with Gasteiger partial charge in [0.25, 0.3) is 5.91 Å². The second kappa shape index (κ2) is 5.70. The number of rotatable bonds is 4. The summed E-state index contributed by atoms with van der Waals surface area (Å²) in [6, 6.07) is 1.13. The Hall–Kier alpha value is -2.09. The van der Waals surface area contributed by atoms with Crippen LogP contribution in [0.1, 0.15) is 22.3 Å². The third-order valence-electron chi connectivity index (χ3n) is 2.19. The summed E-state index contributed by atoms with van der Waals surface area (Å²) in [5, 5.41) is 14.1. The first-order valence-corrected chi connectivity index (χ1v) is 6.42. The molecule has 0 saturated heterocycles. The van der Waals surface area contributed by atoms with Crippen molar-refractivity contribution in [3.05, 3.63) is 28.7 Å². The van der Waals surface area contributed by atoms with Crippen LogP contribution in [-0.2, 0) is 0 Å². The van der Waals surface area contributed by atoms with E-state index in [-0.39, 0.29) is 5.56 Å². The van der Waals surface area contributed by atoms with Crippen LogP contribution in [0.4, 0.5) is 15.3 Å². The maximum atomic E-state index is 13.2. The molecule has 0 saturated carbocycles. The summed E-state index contributed by atoms with van der Waals surface area (Å²) >= 11 is 1.25. The van der Waals surface area contributed by atoms with E-state index in [2.05, 4.69) is 25.8 Å². The molecular formula is C11H12FN5OS. The monoisotopic (exact) mass is 281 g/mol. The topological polar surface area (TPSA) is 79.8 Å². The lowest BCUT2D eigenvalue weighted by molar-refractivity contribution is 0.102. The van der Waals surface area contributed by atoms with Crippen molar-refractivity contribution >= 4 is 28.2 Å². The number of amides is 1. The van der Waals surface area contributed by atoms with Gasteiger partial charge in [-0.25, -0.2) is 9.37 Å². The standard InChI is InChI=1S/C11H12FN5OS/c1-3-13-9-8(4-7(12)5-14-9)10(18)15-11-17-16-6(2)19-11/h4-5H,3H2,1-2H3,(H,13,14)(H,15,17,18). The number of carbonyl (C=O) groups is 1. The fraction of sp³-hybridized carbons (Fsp3) is 0.273. The smallest absolute Gasteiger partial charge is 0.261 e. The van der Waals surface area contributed by atoms with Crippen LogP contribution in [0.5, 0.6) is 0 Å². The van der Waals surface area contributed by atoms with Crippen molar-refractivity contribution in [3.8, 4) is 0 Å². The largest absolute Gasteiger partial charge is 0.370 e. The zero-order valence-corrected chi connectivity index (χ0v) is 11.2. The summed E-state index contributed by atoms with van der Waals surface area (Å²) < 4.78 is 13.2. The summed E-state index contributed by atoms with van der Waals surface area (Å²) in [5.41, 5.74) is 0.134. The van der Waals surface area contributed by atoms with Crippen LogP contribution in [0, 0.1) is 12.7 Å². The number of anilines is 2. The molecule has 2 aromatic rings. The second-order valence-corrected chi connectivity index (χ2v) is 4.84. The molecule has 6 nitrogen and oxygen atoms in total. The highest BCUT2D eigenvalue weighted by molar-refractivity contribution is 7.15. The molecule has 0 aromatic carbocycles. The van der Waals surface area contributed by atoms with Crippen molar-refractivity contribution in [2.75, 3.05) is 17.2 Å². The molecule has 1 amide bonds. The number of nitrogens with one attached hydrogen (secondary N) is 2. The molecule has 0 unspecified atom stereocenters. The van der Waals surface area contributed by atoms with Gasteiger partial charge >= 0.3 is 0 Å². The summed E-state index contributed by atoms with van der Waals surface area (Å²) in [6.07, 6.45) is 1.06. The number of halogens is 1. The highest BCUT2D eigenvalue weighted by Crippen LogP contribution is 2.18. The molecule has 0 spiro atoms. The predicted molar refractivity (Wildman–Crippen MR) is 71.0 cm³/mol. The number of hydrogen-bond acceptors (Lipinski definition) is 6. The van der Waals surface area contributed by atoms with E-state index in [1.54, 1.807) is 6.92 Å². The molecule has 0 fully saturated rings. The molecule has 2 rings (SSSR count). The number of aryl methyl sites for hydroxylation is 1. The predicted octanol–water partition coefficient (Wildman–Crippen LogP) is 2.06. The number of pyridine rings is 1. The lowest BCUT2D eigenvalue weighted by Crippen LogP contribution is -2.16. The van der Waals surface area contributed by atoms with E-state index in [1.165, 1.54) is 11.3 Å². The third kappa shape index (κ3) is 3.22. The Labute approximate surface area is 113 Å². The molecule has 0 aliphatic rings. The van der Waals surface area contributed by atoms with Gasteiger partial charge in [-0.3, -0.25) is 10.1 Å². The summed E-state index contributed by atoms with van der Waals surface area (Å²) in [4.78, 5) is 15.9. The van der Waals surface area contributed by atoms with Crippen LogP contribution >= 0.6 is 11.3 Å². The highest BCUT2D eigenvalue weighted by Gasteiger charge is 2.15. The summed E-state index contributed by atoms with van der Waals surface area (Å²) in [6.45, 7) is 4.22. The summed E-state index contributed by atoms with van der Waals surface area (Å²) in [7, 11) is 0. The molecule has 19 heavy (non-hydrogen) atoms. The Balaban J connectivity index is 2.24. The number of nitrogens with zero attached hydrogens (tertiary/aromatic N) is 3. The normalized spacial score (nSPS) is 10.3. The molecule has 0 bridgehead atoms. The van der Waals surface area contributed by atoms with Gasteiger partial charge in [0.2, 0.25) is 5.13 Å². The molecule has 0 aliphatic heterocycles. The van der Waals surface area contributed by atoms with Crippen molar-refractivity contribution in [2.45, 2.75) is 13.8 Å². The Bertz CT molecular complexity index is 601. The zero-order valence-electron chi connectivity index (χ0n) is 10.4. The first-order chi connectivity index (χ1) is 9.10. The Morgan fingerprint density at radius 1 is 1.47 bits per heavy atom. The first-order valence-electron chi connectivity index (χ1n) is 5.61. The van der Waals surface area contributed by atoms with E-state index in [4.69, 9.17) is 0 Å². The minimum Gasteiger partial charge on any atom is -0.370 e. The SMILES string of the molecule is CCNc1ncc(F)cc1C(=O)Nc1nnc(C)s1. The number of hydrogen-bond donors (Lipinski definition) is 2. The highest BCUT2D eigenvalue weighted by atomic mass is 32.1. The van der Waals surface area contributed by atoms with Crippen LogP contribution in [0.25, 0.3) is 0 Å². The van der Waals surface area contributed by atoms with E-state index in [0.29, 0.717) is 17.5 Å².